The molecule has 1 aromatic heterocycles. The predicted molar refractivity (Wildman–Crippen MR) is 44.4 cm³/mol. The second-order valence-electron chi connectivity index (χ2n) is 3.59. The van der Waals surface area contributed by atoms with E-state index in [1.54, 1.807) is 0 Å². The molecule has 15 heavy (non-hydrogen) atoms. The van der Waals surface area contributed by atoms with Gasteiger partial charge in [0.2, 0.25) is 5.95 Å². The lowest BCUT2D eigenvalue weighted by molar-refractivity contribution is -0.141. The average Bonchev–Trinajstić information content (AvgIpc) is 1.99. The fourth-order valence-corrected chi connectivity index (χ4v) is 1.05. The SMILES string of the molecule is CC(C)(O)c1ccc(C(F)(F)F)nc1F. The molecule has 0 aliphatic rings. The molecule has 0 atom stereocenters. The third-order valence-corrected chi connectivity index (χ3v) is 1.80. The summed E-state index contributed by atoms with van der Waals surface area (Å²) in [7, 11) is 0. The van der Waals surface area contributed by atoms with E-state index in [0.717, 1.165) is 6.07 Å². The van der Waals surface area contributed by atoms with Crippen LogP contribution >= 0.6 is 0 Å². The Kier molecular flexibility index (Phi) is 2.73. The van der Waals surface area contributed by atoms with Crippen molar-refractivity contribution in [1.82, 2.24) is 4.98 Å². The summed E-state index contributed by atoms with van der Waals surface area (Å²) in [4.78, 5) is 2.76. The number of rotatable bonds is 1. The summed E-state index contributed by atoms with van der Waals surface area (Å²) in [5.74, 6) is -1.31. The molecule has 0 saturated heterocycles. The number of pyridine rings is 1. The molecule has 2 nitrogen and oxygen atoms in total. The van der Waals surface area contributed by atoms with Gasteiger partial charge in [0.25, 0.3) is 0 Å². The molecule has 84 valence electrons. The van der Waals surface area contributed by atoms with Crippen molar-refractivity contribution in [2.75, 3.05) is 0 Å². The van der Waals surface area contributed by atoms with Crippen molar-refractivity contribution in [3.8, 4) is 0 Å². The van der Waals surface area contributed by atoms with Crippen LogP contribution in [0, 0.1) is 5.95 Å². The second kappa shape index (κ2) is 3.44. The first kappa shape index (κ1) is 11.9. The molecule has 0 saturated carbocycles. The van der Waals surface area contributed by atoms with E-state index in [1.807, 2.05) is 0 Å². The molecule has 0 aliphatic heterocycles. The van der Waals surface area contributed by atoms with Gasteiger partial charge in [-0.25, -0.2) is 4.98 Å². The van der Waals surface area contributed by atoms with Gasteiger partial charge in [0.15, 0.2) is 0 Å². The summed E-state index contributed by atoms with van der Waals surface area (Å²) >= 11 is 0. The Labute approximate surface area is 83.6 Å². The summed E-state index contributed by atoms with van der Waals surface area (Å²) in [6, 6.07) is 1.52. The van der Waals surface area contributed by atoms with Gasteiger partial charge in [-0.15, -0.1) is 0 Å². The van der Waals surface area contributed by atoms with Crippen LogP contribution in [0.4, 0.5) is 17.6 Å². The van der Waals surface area contributed by atoms with Crippen LogP contribution in [0.5, 0.6) is 0 Å². The molecular weight excluding hydrogens is 214 g/mol. The van der Waals surface area contributed by atoms with E-state index in [0.29, 0.717) is 6.07 Å². The highest BCUT2D eigenvalue weighted by atomic mass is 19.4. The molecule has 0 amide bonds. The lowest BCUT2D eigenvalue weighted by Gasteiger charge is -2.18. The van der Waals surface area contributed by atoms with Crippen LogP contribution < -0.4 is 0 Å². The molecule has 1 N–H and O–H groups in total. The van der Waals surface area contributed by atoms with E-state index in [2.05, 4.69) is 4.98 Å². The van der Waals surface area contributed by atoms with Crippen LogP contribution in [0.3, 0.4) is 0 Å². The van der Waals surface area contributed by atoms with Crippen LogP contribution in [0.15, 0.2) is 12.1 Å². The highest BCUT2D eigenvalue weighted by Crippen LogP contribution is 2.30. The number of hydrogen-bond acceptors (Lipinski definition) is 2. The largest absolute Gasteiger partial charge is 0.433 e. The maximum absolute atomic E-state index is 13.1. The molecule has 1 heterocycles. The lowest BCUT2D eigenvalue weighted by atomic mass is 10.00. The van der Waals surface area contributed by atoms with Gasteiger partial charge in [-0.2, -0.15) is 17.6 Å². The van der Waals surface area contributed by atoms with Crippen molar-refractivity contribution in [3.63, 3.8) is 0 Å². The molecule has 0 bridgehead atoms. The number of aromatic nitrogens is 1. The highest BCUT2D eigenvalue weighted by molar-refractivity contribution is 5.22. The van der Waals surface area contributed by atoms with Crippen molar-refractivity contribution >= 4 is 0 Å². The van der Waals surface area contributed by atoms with Crippen molar-refractivity contribution in [2.24, 2.45) is 0 Å². The quantitative estimate of drug-likeness (QED) is 0.586. The summed E-state index contributed by atoms with van der Waals surface area (Å²) < 4.78 is 49.4. The maximum Gasteiger partial charge on any atom is 0.433 e. The second-order valence-corrected chi connectivity index (χ2v) is 3.59. The van der Waals surface area contributed by atoms with Gasteiger partial charge >= 0.3 is 6.18 Å². The van der Waals surface area contributed by atoms with Gasteiger partial charge in [0.1, 0.15) is 5.69 Å². The third kappa shape index (κ3) is 2.65. The van der Waals surface area contributed by atoms with Gasteiger partial charge in [-0.1, -0.05) is 0 Å². The molecule has 0 aromatic carbocycles. The topological polar surface area (TPSA) is 33.1 Å². The Morgan fingerprint density at radius 3 is 2.07 bits per heavy atom. The number of hydrogen-bond donors (Lipinski definition) is 1. The first-order valence-electron chi connectivity index (χ1n) is 4.09. The minimum absolute atomic E-state index is 0.268. The monoisotopic (exact) mass is 223 g/mol. The standard InChI is InChI=1S/C9H9F4NO/c1-8(2,15)5-3-4-6(9(11,12)13)14-7(5)10/h3-4,15H,1-2H3. The molecule has 0 aliphatic carbocycles. The molecule has 0 fully saturated rings. The molecular formula is C9H9F4NO. The zero-order chi connectivity index (χ0) is 11.9. The molecule has 6 heteroatoms. The molecule has 1 aromatic rings. The molecule has 0 unspecified atom stereocenters. The Morgan fingerprint density at radius 2 is 1.73 bits per heavy atom. The van der Waals surface area contributed by atoms with Crippen LogP contribution in [0.25, 0.3) is 0 Å². The van der Waals surface area contributed by atoms with Gasteiger partial charge in [0.05, 0.1) is 5.60 Å². The number of nitrogens with zero attached hydrogens (tertiary/aromatic N) is 1. The fraction of sp³-hybridized carbons (Fsp3) is 0.444. The number of alkyl halides is 3. The third-order valence-electron chi connectivity index (χ3n) is 1.80. The van der Waals surface area contributed by atoms with Gasteiger partial charge in [-0.05, 0) is 26.0 Å². The van der Waals surface area contributed by atoms with E-state index < -0.39 is 23.4 Å². The van der Waals surface area contributed by atoms with Crippen molar-refractivity contribution < 1.29 is 22.7 Å². The van der Waals surface area contributed by atoms with Gasteiger partial charge in [-0.3, -0.25) is 0 Å². The molecule has 0 spiro atoms. The molecule has 1 rings (SSSR count). The van der Waals surface area contributed by atoms with Crippen molar-refractivity contribution in [1.29, 1.82) is 0 Å². The van der Waals surface area contributed by atoms with Crippen LogP contribution in [0.1, 0.15) is 25.1 Å². The highest BCUT2D eigenvalue weighted by Gasteiger charge is 2.34. The van der Waals surface area contributed by atoms with Crippen molar-refractivity contribution in [2.45, 2.75) is 25.6 Å². The first-order chi connectivity index (χ1) is 6.62. The van der Waals surface area contributed by atoms with E-state index >= 15 is 0 Å². The normalized spacial score (nSPS) is 13.0. The minimum atomic E-state index is -4.68. The Morgan fingerprint density at radius 1 is 1.20 bits per heavy atom. The van der Waals surface area contributed by atoms with Crippen LogP contribution in [-0.2, 0) is 11.8 Å². The first-order valence-corrected chi connectivity index (χ1v) is 4.09. The summed E-state index contributed by atoms with van der Waals surface area (Å²) in [6.45, 7) is 2.53. The smallest absolute Gasteiger partial charge is 0.386 e. The fourth-order valence-electron chi connectivity index (χ4n) is 1.05. The lowest BCUT2D eigenvalue weighted by Crippen LogP contribution is -2.20. The van der Waals surface area contributed by atoms with E-state index in [1.165, 1.54) is 13.8 Å². The van der Waals surface area contributed by atoms with Crippen LogP contribution in [0.2, 0.25) is 0 Å². The minimum Gasteiger partial charge on any atom is -0.386 e. The van der Waals surface area contributed by atoms with Gasteiger partial charge < -0.3 is 5.11 Å². The Bertz CT molecular complexity index is 367. The summed E-state index contributed by atoms with van der Waals surface area (Å²) in [5, 5.41) is 9.40. The van der Waals surface area contributed by atoms with E-state index in [4.69, 9.17) is 0 Å². The average molecular weight is 223 g/mol. The zero-order valence-corrected chi connectivity index (χ0v) is 8.06. The maximum atomic E-state index is 13.1. The predicted octanol–water partition coefficient (Wildman–Crippen LogP) is 2.47. The van der Waals surface area contributed by atoms with Gasteiger partial charge in [0, 0.05) is 5.56 Å². The summed E-state index contributed by atoms with van der Waals surface area (Å²) in [5.41, 5.74) is -3.13. The zero-order valence-electron chi connectivity index (χ0n) is 8.06. The summed E-state index contributed by atoms with van der Waals surface area (Å²) in [6.07, 6.45) is -4.68. The van der Waals surface area contributed by atoms with Crippen molar-refractivity contribution in [3.05, 3.63) is 29.3 Å². The van der Waals surface area contributed by atoms with E-state index in [9.17, 15) is 22.7 Å². The number of halogens is 4. The van der Waals surface area contributed by atoms with Crippen LogP contribution in [-0.4, -0.2) is 10.1 Å². The Hall–Kier alpha value is -1.17. The number of aliphatic hydroxyl groups is 1. The molecule has 0 radical (unpaired) electrons. The van der Waals surface area contributed by atoms with E-state index in [-0.39, 0.29) is 5.56 Å². The Balaban J connectivity index is 3.21.